The monoisotopic (exact) mass is 264 g/mol. The second-order valence-electron chi connectivity index (χ2n) is 4.15. The molecule has 0 bridgehead atoms. The summed E-state index contributed by atoms with van der Waals surface area (Å²) in [6, 6.07) is 4.36. The fourth-order valence-corrected chi connectivity index (χ4v) is 1.59. The maximum absolute atomic E-state index is 12.7. The largest absolute Gasteiger partial charge is 0.368 e. The van der Waals surface area contributed by atoms with Gasteiger partial charge in [0.1, 0.15) is 11.9 Å². The van der Waals surface area contributed by atoms with E-state index in [9.17, 15) is 14.0 Å². The Balaban J connectivity index is 2.62. The number of nitrogens with one attached hydrogen (secondary N) is 1. The average Bonchev–Trinajstić information content (AvgIpc) is 2.38. The van der Waals surface area contributed by atoms with Gasteiger partial charge in [-0.25, -0.2) is 4.39 Å². The summed E-state index contributed by atoms with van der Waals surface area (Å²) in [5.74, 6) is -1.45. The van der Waals surface area contributed by atoms with Crippen molar-refractivity contribution in [1.82, 2.24) is 5.32 Å². The highest BCUT2D eigenvalue weighted by atomic mass is 19.1. The smallest absolute Gasteiger partial charge is 0.251 e. The molecule has 4 nitrogen and oxygen atoms in total. The van der Waals surface area contributed by atoms with Gasteiger partial charge in [-0.05, 0) is 43.5 Å². The van der Waals surface area contributed by atoms with E-state index in [1.54, 1.807) is 6.08 Å². The molecule has 0 radical (unpaired) electrons. The Morgan fingerprint density at radius 1 is 1.37 bits per heavy atom. The Hall–Kier alpha value is -2.17. The third-order valence-electron chi connectivity index (χ3n) is 2.66. The molecule has 0 saturated heterocycles. The van der Waals surface area contributed by atoms with Crippen LogP contribution >= 0.6 is 0 Å². The van der Waals surface area contributed by atoms with Gasteiger partial charge in [0.25, 0.3) is 5.91 Å². The van der Waals surface area contributed by atoms with E-state index < -0.39 is 23.7 Å². The molecule has 1 aromatic rings. The van der Waals surface area contributed by atoms with Gasteiger partial charge in [0.05, 0.1) is 0 Å². The lowest BCUT2D eigenvalue weighted by molar-refractivity contribution is -0.120. The molecule has 0 unspecified atom stereocenters. The molecule has 2 amide bonds. The summed E-state index contributed by atoms with van der Waals surface area (Å²) in [4.78, 5) is 23.1. The third-order valence-corrected chi connectivity index (χ3v) is 2.66. The third kappa shape index (κ3) is 4.91. The van der Waals surface area contributed by atoms with Crippen molar-refractivity contribution in [2.45, 2.75) is 25.3 Å². The van der Waals surface area contributed by atoms with Crippen LogP contribution in [0.5, 0.6) is 0 Å². The topological polar surface area (TPSA) is 72.2 Å². The highest BCUT2D eigenvalue weighted by Crippen LogP contribution is 2.05. The molecule has 0 aliphatic heterocycles. The zero-order chi connectivity index (χ0) is 14.3. The maximum Gasteiger partial charge on any atom is 0.251 e. The molecule has 0 aliphatic carbocycles. The van der Waals surface area contributed by atoms with Crippen LogP contribution in [0.15, 0.2) is 36.9 Å². The number of hydrogen-bond acceptors (Lipinski definition) is 2. The lowest BCUT2D eigenvalue weighted by Gasteiger charge is -2.15. The lowest BCUT2D eigenvalue weighted by atomic mass is 10.1. The first-order valence-electron chi connectivity index (χ1n) is 6.01. The van der Waals surface area contributed by atoms with Crippen LogP contribution in [-0.2, 0) is 4.79 Å². The predicted molar refractivity (Wildman–Crippen MR) is 70.9 cm³/mol. The van der Waals surface area contributed by atoms with Crippen molar-refractivity contribution in [3.05, 3.63) is 48.3 Å². The van der Waals surface area contributed by atoms with Crippen molar-refractivity contribution in [1.29, 1.82) is 0 Å². The number of halogens is 1. The van der Waals surface area contributed by atoms with Gasteiger partial charge < -0.3 is 11.1 Å². The normalized spacial score (nSPS) is 11.6. The van der Waals surface area contributed by atoms with Crippen molar-refractivity contribution < 1.29 is 14.0 Å². The first-order valence-corrected chi connectivity index (χ1v) is 6.01. The van der Waals surface area contributed by atoms with E-state index in [1.807, 2.05) is 0 Å². The van der Waals surface area contributed by atoms with E-state index in [2.05, 4.69) is 11.9 Å². The molecule has 0 heterocycles. The molecule has 5 heteroatoms. The van der Waals surface area contributed by atoms with E-state index in [0.717, 1.165) is 6.42 Å². The molecular weight excluding hydrogens is 247 g/mol. The van der Waals surface area contributed by atoms with Gasteiger partial charge in [-0.15, -0.1) is 6.58 Å². The van der Waals surface area contributed by atoms with E-state index in [1.165, 1.54) is 24.3 Å². The number of amides is 2. The molecule has 19 heavy (non-hydrogen) atoms. The minimum absolute atomic E-state index is 0.288. The Labute approximate surface area is 111 Å². The van der Waals surface area contributed by atoms with Gasteiger partial charge in [0.2, 0.25) is 5.91 Å². The first-order chi connectivity index (χ1) is 9.04. The summed E-state index contributed by atoms with van der Waals surface area (Å²) >= 11 is 0. The van der Waals surface area contributed by atoms with Crippen LogP contribution in [0.4, 0.5) is 4.39 Å². The molecule has 1 rings (SSSR count). The summed E-state index contributed by atoms with van der Waals surface area (Å²) < 4.78 is 12.7. The van der Waals surface area contributed by atoms with Crippen LogP contribution in [0.1, 0.15) is 29.6 Å². The fourth-order valence-electron chi connectivity index (χ4n) is 1.59. The lowest BCUT2D eigenvalue weighted by Crippen LogP contribution is -2.44. The summed E-state index contributed by atoms with van der Waals surface area (Å²) in [7, 11) is 0. The summed E-state index contributed by atoms with van der Waals surface area (Å²) in [5, 5.41) is 2.54. The van der Waals surface area contributed by atoms with Gasteiger partial charge in [-0.2, -0.15) is 0 Å². The second-order valence-corrected chi connectivity index (χ2v) is 4.15. The Morgan fingerprint density at radius 3 is 2.53 bits per heavy atom. The Kier molecular flexibility index (Phi) is 5.73. The van der Waals surface area contributed by atoms with Crippen molar-refractivity contribution in [2.24, 2.45) is 5.73 Å². The molecule has 102 valence electrons. The van der Waals surface area contributed by atoms with Crippen molar-refractivity contribution in [2.75, 3.05) is 0 Å². The predicted octanol–water partition coefficient (Wildman–Crippen LogP) is 1.77. The highest BCUT2D eigenvalue weighted by molar-refractivity contribution is 5.97. The zero-order valence-electron chi connectivity index (χ0n) is 10.6. The number of carbonyl (C=O) groups is 2. The molecular formula is C14H17FN2O2. The van der Waals surface area contributed by atoms with Crippen molar-refractivity contribution >= 4 is 11.8 Å². The molecule has 0 fully saturated rings. The number of allylic oxidation sites excluding steroid dienone is 1. The van der Waals surface area contributed by atoms with Crippen LogP contribution < -0.4 is 11.1 Å². The maximum atomic E-state index is 12.7. The SMILES string of the molecule is C=CCCC[C@@H](NC(=O)c1ccc(F)cc1)C(N)=O. The van der Waals surface area contributed by atoms with Crippen molar-refractivity contribution in [3.63, 3.8) is 0 Å². The van der Waals surface area contributed by atoms with Crippen LogP contribution in [-0.4, -0.2) is 17.9 Å². The molecule has 3 N–H and O–H groups in total. The number of rotatable bonds is 7. The average molecular weight is 264 g/mol. The number of benzene rings is 1. The second kappa shape index (κ2) is 7.31. The quantitative estimate of drug-likeness (QED) is 0.582. The standard InChI is InChI=1S/C14H17FN2O2/c1-2-3-4-5-12(13(16)18)17-14(19)10-6-8-11(15)9-7-10/h2,6-9,12H,1,3-5H2,(H2,16,18)(H,17,19)/t12-/m1/s1. The molecule has 1 aromatic carbocycles. The van der Waals surface area contributed by atoms with Gasteiger partial charge in [0.15, 0.2) is 0 Å². The molecule has 1 atom stereocenters. The first kappa shape index (κ1) is 14.9. The van der Waals surface area contributed by atoms with Gasteiger partial charge in [-0.1, -0.05) is 6.08 Å². The Bertz CT molecular complexity index is 457. The minimum atomic E-state index is -0.725. The van der Waals surface area contributed by atoms with E-state index in [4.69, 9.17) is 5.73 Å². The summed E-state index contributed by atoms with van der Waals surface area (Å²) in [6.07, 6.45) is 3.64. The van der Waals surface area contributed by atoms with E-state index >= 15 is 0 Å². The van der Waals surface area contributed by atoms with Gasteiger partial charge >= 0.3 is 0 Å². The number of hydrogen-bond donors (Lipinski definition) is 2. The van der Waals surface area contributed by atoms with Crippen molar-refractivity contribution in [3.8, 4) is 0 Å². The van der Waals surface area contributed by atoms with Crippen LogP contribution in [0.25, 0.3) is 0 Å². The fraction of sp³-hybridized carbons (Fsp3) is 0.286. The van der Waals surface area contributed by atoms with Gasteiger partial charge in [-0.3, -0.25) is 9.59 Å². The molecule has 0 aromatic heterocycles. The summed E-state index contributed by atoms with van der Waals surface area (Å²) in [6.45, 7) is 3.58. The molecule has 0 spiro atoms. The van der Waals surface area contributed by atoms with Crippen LogP contribution in [0.2, 0.25) is 0 Å². The van der Waals surface area contributed by atoms with Crippen LogP contribution in [0.3, 0.4) is 0 Å². The zero-order valence-corrected chi connectivity index (χ0v) is 10.6. The van der Waals surface area contributed by atoms with E-state index in [-0.39, 0.29) is 5.56 Å². The molecule has 0 saturated carbocycles. The number of primary amides is 1. The van der Waals surface area contributed by atoms with Gasteiger partial charge in [0, 0.05) is 5.56 Å². The number of carbonyl (C=O) groups excluding carboxylic acids is 2. The minimum Gasteiger partial charge on any atom is -0.368 e. The summed E-state index contributed by atoms with van der Waals surface area (Å²) in [5.41, 5.74) is 5.52. The number of nitrogens with two attached hydrogens (primary N) is 1. The molecule has 0 aliphatic rings. The van der Waals surface area contributed by atoms with Crippen LogP contribution in [0, 0.1) is 5.82 Å². The highest BCUT2D eigenvalue weighted by Gasteiger charge is 2.18. The Morgan fingerprint density at radius 2 is 2.00 bits per heavy atom. The van der Waals surface area contributed by atoms with E-state index in [0.29, 0.717) is 12.8 Å². The number of unbranched alkanes of at least 4 members (excludes halogenated alkanes) is 1.